The van der Waals surface area contributed by atoms with Crippen molar-refractivity contribution in [3.63, 3.8) is 0 Å². The number of hydrogen-bond donors (Lipinski definition) is 1. The zero-order valence-corrected chi connectivity index (χ0v) is 22.2. The zero-order chi connectivity index (χ0) is 26.1. The maximum atomic E-state index is 13.7. The van der Waals surface area contributed by atoms with Crippen LogP contribution in [0.4, 0.5) is 0 Å². The summed E-state index contributed by atoms with van der Waals surface area (Å²) < 4.78 is 5.90. The smallest absolute Gasteiger partial charge is 0.261 e. The molecule has 0 aromatic heterocycles. The average molecular weight is 507 g/mol. The largest absolute Gasteiger partial charge is 0.484 e. The zero-order valence-electron chi connectivity index (χ0n) is 21.5. The molecule has 0 radical (unpaired) electrons. The van der Waals surface area contributed by atoms with Crippen LogP contribution in [0.3, 0.4) is 0 Å². The number of rotatable bonds is 11. The molecule has 0 bridgehead atoms. The molecule has 36 heavy (non-hydrogen) atoms. The van der Waals surface area contributed by atoms with E-state index in [9.17, 15) is 9.59 Å². The first-order valence-electron chi connectivity index (χ1n) is 12.3. The van der Waals surface area contributed by atoms with Gasteiger partial charge in [-0.2, -0.15) is 0 Å². The molecule has 3 aromatic rings. The minimum absolute atomic E-state index is 0.0143. The van der Waals surface area contributed by atoms with Crippen LogP contribution in [0.15, 0.2) is 72.8 Å². The second kappa shape index (κ2) is 13.1. The van der Waals surface area contributed by atoms with Crippen molar-refractivity contribution in [1.82, 2.24) is 10.2 Å². The fourth-order valence-electron chi connectivity index (χ4n) is 4.05. The Bertz CT molecular complexity index is 1150. The molecule has 2 atom stereocenters. The summed E-state index contributed by atoms with van der Waals surface area (Å²) in [4.78, 5) is 28.8. The summed E-state index contributed by atoms with van der Waals surface area (Å²) in [5.41, 5.74) is 3.85. The monoisotopic (exact) mass is 506 g/mol. The topological polar surface area (TPSA) is 58.6 Å². The van der Waals surface area contributed by atoms with Crippen LogP contribution in [-0.4, -0.2) is 35.4 Å². The van der Waals surface area contributed by atoms with Gasteiger partial charge in [0.2, 0.25) is 5.91 Å². The van der Waals surface area contributed by atoms with E-state index in [4.69, 9.17) is 16.3 Å². The van der Waals surface area contributed by atoms with Gasteiger partial charge in [0.15, 0.2) is 6.61 Å². The van der Waals surface area contributed by atoms with Crippen molar-refractivity contribution in [3.8, 4) is 5.75 Å². The van der Waals surface area contributed by atoms with Gasteiger partial charge >= 0.3 is 0 Å². The van der Waals surface area contributed by atoms with Crippen LogP contribution in [0.5, 0.6) is 5.75 Å². The number of nitrogens with one attached hydrogen (secondary N) is 1. The third-order valence-corrected chi connectivity index (χ3v) is 6.50. The van der Waals surface area contributed by atoms with E-state index in [-0.39, 0.29) is 31.0 Å². The number of aryl methyl sites for hydroxylation is 2. The van der Waals surface area contributed by atoms with Crippen LogP contribution in [0.25, 0.3) is 0 Å². The van der Waals surface area contributed by atoms with Gasteiger partial charge in [0, 0.05) is 24.0 Å². The van der Waals surface area contributed by atoms with Gasteiger partial charge in [-0.3, -0.25) is 9.59 Å². The lowest BCUT2D eigenvalue weighted by molar-refractivity contribution is -0.143. The van der Waals surface area contributed by atoms with Crippen LogP contribution in [0.2, 0.25) is 5.02 Å². The lowest BCUT2D eigenvalue weighted by Gasteiger charge is -2.32. The Morgan fingerprint density at radius 1 is 0.972 bits per heavy atom. The highest BCUT2D eigenvalue weighted by atomic mass is 35.5. The van der Waals surface area contributed by atoms with E-state index in [0.29, 0.717) is 17.2 Å². The third kappa shape index (κ3) is 7.85. The molecule has 0 saturated heterocycles. The molecule has 0 aliphatic heterocycles. The fourth-order valence-corrected chi connectivity index (χ4v) is 4.24. The number of carbonyl (C=O) groups excluding carboxylic acids is 2. The highest BCUT2D eigenvalue weighted by molar-refractivity contribution is 6.31. The molecule has 3 rings (SSSR count). The molecule has 0 aliphatic carbocycles. The van der Waals surface area contributed by atoms with Crippen LogP contribution < -0.4 is 10.1 Å². The van der Waals surface area contributed by atoms with Crippen molar-refractivity contribution in [2.24, 2.45) is 0 Å². The molecule has 190 valence electrons. The first-order valence-corrected chi connectivity index (χ1v) is 12.7. The van der Waals surface area contributed by atoms with E-state index >= 15 is 0 Å². The van der Waals surface area contributed by atoms with Crippen LogP contribution in [0.1, 0.15) is 42.5 Å². The van der Waals surface area contributed by atoms with Crippen LogP contribution in [0, 0.1) is 13.8 Å². The molecule has 0 heterocycles. The Labute approximate surface area is 219 Å². The number of hydrogen-bond acceptors (Lipinski definition) is 3. The number of halogens is 1. The predicted octanol–water partition coefficient (Wildman–Crippen LogP) is 5.89. The van der Waals surface area contributed by atoms with Crippen molar-refractivity contribution in [3.05, 3.63) is 100 Å². The molecule has 1 N–H and O–H groups in total. The highest BCUT2D eigenvalue weighted by Gasteiger charge is 2.31. The minimum Gasteiger partial charge on any atom is -0.484 e. The molecule has 0 fully saturated rings. The van der Waals surface area contributed by atoms with Crippen LogP contribution >= 0.6 is 11.6 Å². The number of ether oxygens (including phenoxy) is 1. The Kier molecular flexibility index (Phi) is 9.95. The number of carbonyl (C=O) groups is 2. The van der Waals surface area contributed by atoms with Gasteiger partial charge in [0.25, 0.3) is 5.91 Å². The van der Waals surface area contributed by atoms with E-state index in [1.54, 1.807) is 11.0 Å². The molecule has 0 aliphatic rings. The summed E-state index contributed by atoms with van der Waals surface area (Å²) >= 11 is 6.46. The van der Waals surface area contributed by atoms with E-state index in [1.807, 2.05) is 94.4 Å². The minimum atomic E-state index is -0.729. The summed E-state index contributed by atoms with van der Waals surface area (Å²) in [5, 5.41) is 3.62. The van der Waals surface area contributed by atoms with Crippen molar-refractivity contribution >= 4 is 23.4 Å². The number of benzene rings is 3. The Morgan fingerprint density at radius 3 is 2.25 bits per heavy atom. The standard InChI is InChI=1S/C30H35ClN2O3/c1-5-23(4)32-30(35)28(18-24-11-7-6-8-12-24)33(19-25-13-9-10-14-27(25)31)29(34)20-36-26-16-21(2)15-22(3)17-26/h6-17,23,28H,5,18-20H2,1-4H3,(H,32,35)/t23-,28+/m0/s1. The van der Waals surface area contributed by atoms with Gasteiger partial charge in [-0.1, -0.05) is 73.1 Å². The lowest BCUT2D eigenvalue weighted by atomic mass is 10.0. The van der Waals surface area contributed by atoms with Crippen LogP contribution in [-0.2, 0) is 22.6 Å². The summed E-state index contributed by atoms with van der Waals surface area (Å²) in [5.74, 6) is 0.150. The highest BCUT2D eigenvalue weighted by Crippen LogP contribution is 2.22. The third-order valence-electron chi connectivity index (χ3n) is 6.13. The molecule has 0 unspecified atom stereocenters. The molecule has 2 amide bonds. The molecular weight excluding hydrogens is 472 g/mol. The quantitative estimate of drug-likeness (QED) is 0.352. The average Bonchev–Trinajstić information content (AvgIpc) is 2.85. The maximum Gasteiger partial charge on any atom is 0.261 e. The summed E-state index contributed by atoms with van der Waals surface area (Å²) in [6.45, 7) is 7.96. The first-order chi connectivity index (χ1) is 17.3. The predicted molar refractivity (Wildman–Crippen MR) is 145 cm³/mol. The molecule has 0 spiro atoms. The van der Waals surface area contributed by atoms with Gasteiger partial charge in [-0.15, -0.1) is 0 Å². The van der Waals surface area contributed by atoms with Crippen molar-refractivity contribution in [2.75, 3.05) is 6.61 Å². The fraction of sp³-hybridized carbons (Fsp3) is 0.333. The summed E-state index contributed by atoms with van der Waals surface area (Å²) in [6, 6.07) is 22.2. The van der Waals surface area contributed by atoms with E-state index in [2.05, 4.69) is 5.32 Å². The van der Waals surface area contributed by atoms with Gasteiger partial charge in [0.05, 0.1) is 0 Å². The molecule has 0 saturated carbocycles. The molecule has 5 nitrogen and oxygen atoms in total. The molecule has 6 heteroatoms. The maximum absolute atomic E-state index is 13.7. The van der Waals surface area contributed by atoms with Gasteiger partial charge in [0.1, 0.15) is 11.8 Å². The Morgan fingerprint density at radius 2 is 1.61 bits per heavy atom. The SMILES string of the molecule is CC[C@H](C)NC(=O)[C@@H](Cc1ccccc1)N(Cc1ccccc1Cl)C(=O)COc1cc(C)cc(C)c1. The normalized spacial score (nSPS) is 12.5. The van der Waals surface area contributed by atoms with E-state index < -0.39 is 6.04 Å². The van der Waals surface area contributed by atoms with Crippen molar-refractivity contribution < 1.29 is 14.3 Å². The summed E-state index contributed by atoms with van der Waals surface area (Å²) in [7, 11) is 0. The second-order valence-corrected chi connectivity index (χ2v) is 9.66. The van der Waals surface area contributed by atoms with E-state index in [0.717, 1.165) is 28.7 Å². The van der Waals surface area contributed by atoms with Gasteiger partial charge < -0.3 is 15.0 Å². The summed E-state index contributed by atoms with van der Waals surface area (Å²) in [6.07, 6.45) is 1.17. The number of amides is 2. The molecule has 3 aromatic carbocycles. The Balaban J connectivity index is 1.93. The van der Waals surface area contributed by atoms with Gasteiger partial charge in [-0.25, -0.2) is 0 Å². The van der Waals surface area contributed by atoms with Crippen molar-refractivity contribution in [2.45, 2.75) is 59.2 Å². The second-order valence-electron chi connectivity index (χ2n) is 9.25. The van der Waals surface area contributed by atoms with E-state index in [1.165, 1.54) is 0 Å². The molecular formula is C30H35ClN2O3. The first kappa shape index (κ1) is 27.3. The van der Waals surface area contributed by atoms with Gasteiger partial charge in [-0.05, 0) is 67.6 Å². The Hall–Kier alpha value is -3.31. The lowest BCUT2D eigenvalue weighted by Crippen LogP contribution is -2.53. The van der Waals surface area contributed by atoms with Crippen molar-refractivity contribution in [1.29, 1.82) is 0 Å². The number of nitrogens with zero attached hydrogens (tertiary/aromatic N) is 1.